The Morgan fingerprint density at radius 3 is 3.00 bits per heavy atom. The van der Waals surface area contributed by atoms with Crippen LogP contribution >= 0.6 is 11.3 Å². The molecule has 0 spiro atoms. The summed E-state index contributed by atoms with van der Waals surface area (Å²) in [5.74, 6) is 0.923. The summed E-state index contributed by atoms with van der Waals surface area (Å²) >= 11 is 1.80. The summed E-state index contributed by atoms with van der Waals surface area (Å²) in [5, 5.41) is 5.15. The number of hydrogen-bond acceptors (Lipinski definition) is 3. The zero-order valence-corrected chi connectivity index (χ0v) is 14.2. The Balaban J connectivity index is 1.55. The summed E-state index contributed by atoms with van der Waals surface area (Å²) in [6.07, 6.45) is 2.37. The summed E-state index contributed by atoms with van der Waals surface area (Å²) in [5.41, 5.74) is 1.01. The van der Waals surface area contributed by atoms with Crippen molar-refractivity contribution in [2.45, 2.75) is 25.4 Å². The largest absolute Gasteiger partial charge is 0.496 e. The van der Waals surface area contributed by atoms with Crippen LogP contribution in [-0.4, -0.2) is 26.1 Å². The maximum Gasteiger partial charge on any atom is 0.275 e. The molecule has 23 heavy (non-hydrogen) atoms. The Kier molecular flexibility index (Phi) is 5.31. The number of nitrogens with one attached hydrogen (secondary N) is 2. The lowest BCUT2D eigenvalue weighted by atomic mass is 10.2. The fourth-order valence-corrected chi connectivity index (χ4v) is 4.19. The van der Waals surface area contributed by atoms with Gasteiger partial charge in [0.1, 0.15) is 11.8 Å². The number of ether oxygens (including phenoxy) is 1. The summed E-state index contributed by atoms with van der Waals surface area (Å²) in [7, 11) is 1.65. The van der Waals surface area contributed by atoms with E-state index in [4.69, 9.17) is 4.74 Å². The molecule has 1 aliphatic rings. The number of likely N-dealkylation sites (tertiary alicyclic amines) is 1. The first-order chi connectivity index (χ1) is 11.3. The highest BCUT2D eigenvalue weighted by atomic mass is 32.1. The third-order valence-electron chi connectivity index (χ3n) is 4.43. The van der Waals surface area contributed by atoms with Gasteiger partial charge in [-0.25, -0.2) is 0 Å². The first kappa shape index (κ1) is 16.0. The number of carbonyl (C=O) groups excluding carboxylic acids is 1. The molecule has 2 atom stereocenters. The van der Waals surface area contributed by atoms with Crippen molar-refractivity contribution in [1.82, 2.24) is 5.32 Å². The standard InChI is InChI=1S/C18H22N2O2S/c1-22-16-8-3-2-6-14(16)12-19-18(21)13-20-10-4-7-15(20)17-9-5-11-23-17/h2-3,5-6,8-9,11,15H,4,7,10,12-13H2,1H3,(H,19,21)/p+1/t15-/m0/s1. The van der Waals surface area contributed by atoms with Crippen LogP contribution in [0.25, 0.3) is 0 Å². The van der Waals surface area contributed by atoms with Gasteiger partial charge in [0.2, 0.25) is 0 Å². The van der Waals surface area contributed by atoms with E-state index >= 15 is 0 Å². The van der Waals surface area contributed by atoms with Crippen LogP contribution in [0, 0.1) is 0 Å². The summed E-state index contributed by atoms with van der Waals surface area (Å²) in [6.45, 7) is 2.13. The molecule has 5 heteroatoms. The van der Waals surface area contributed by atoms with Gasteiger partial charge in [0.05, 0.1) is 18.5 Å². The van der Waals surface area contributed by atoms with Crippen molar-refractivity contribution in [3.05, 3.63) is 52.2 Å². The second kappa shape index (κ2) is 7.62. The van der Waals surface area contributed by atoms with Crippen LogP contribution in [0.5, 0.6) is 5.75 Å². The molecule has 1 fully saturated rings. The molecule has 3 rings (SSSR count). The molecule has 0 radical (unpaired) electrons. The minimum absolute atomic E-state index is 0.106. The average molecular weight is 331 g/mol. The van der Waals surface area contributed by atoms with Crippen molar-refractivity contribution in [2.24, 2.45) is 0 Å². The second-order valence-corrected chi connectivity index (χ2v) is 6.86. The minimum Gasteiger partial charge on any atom is -0.496 e. The van der Waals surface area contributed by atoms with Crippen molar-refractivity contribution in [1.29, 1.82) is 0 Å². The van der Waals surface area contributed by atoms with Gasteiger partial charge >= 0.3 is 0 Å². The molecule has 122 valence electrons. The Bertz CT molecular complexity index is 642. The van der Waals surface area contributed by atoms with E-state index in [9.17, 15) is 4.79 Å². The van der Waals surface area contributed by atoms with Gasteiger partial charge in [-0.15, -0.1) is 11.3 Å². The van der Waals surface area contributed by atoms with E-state index < -0.39 is 0 Å². The van der Waals surface area contributed by atoms with Gasteiger partial charge in [0.15, 0.2) is 6.54 Å². The van der Waals surface area contributed by atoms with Crippen LogP contribution in [0.3, 0.4) is 0 Å². The first-order valence-corrected chi connectivity index (χ1v) is 8.92. The Hall–Kier alpha value is -1.85. The first-order valence-electron chi connectivity index (χ1n) is 8.04. The molecule has 1 saturated heterocycles. The van der Waals surface area contributed by atoms with Crippen molar-refractivity contribution in [3.8, 4) is 5.75 Å². The Labute approximate surface area is 141 Å². The van der Waals surface area contributed by atoms with E-state index in [1.54, 1.807) is 18.4 Å². The minimum atomic E-state index is 0.106. The number of benzene rings is 1. The molecule has 1 aliphatic heterocycles. The molecule has 1 amide bonds. The van der Waals surface area contributed by atoms with E-state index in [2.05, 4.69) is 22.8 Å². The third kappa shape index (κ3) is 3.92. The van der Waals surface area contributed by atoms with Crippen LogP contribution in [0.4, 0.5) is 0 Å². The smallest absolute Gasteiger partial charge is 0.275 e. The monoisotopic (exact) mass is 331 g/mol. The molecule has 2 aromatic rings. The molecule has 1 aromatic heterocycles. The maximum absolute atomic E-state index is 12.3. The van der Waals surface area contributed by atoms with Gasteiger partial charge in [0, 0.05) is 24.9 Å². The Morgan fingerprint density at radius 1 is 1.35 bits per heavy atom. The molecule has 1 unspecified atom stereocenters. The number of hydrogen-bond donors (Lipinski definition) is 2. The van der Waals surface area contributed by atoms with E-state index in [1.165, 1.54) is 22.6 Å². The number of rotatable bonds is 6. The zero-order chi connectivity index (χ0) is 16.1. The highest BCUT2D eigenvalue weighted by Crippen LogP contribution is 2.23. The number of quaternary nitrogens is 1. The Morgan fingerprint density at radius 2 is 2.22 bits per heavy atom. The molecule has 0 saturated carbocycles. The molecule has 2 N–H and O–H groups in total. The SMILES string of the molecule is COc1ccccc1CNC(=O)C[NH+]1CCC[C@H]1c1cccs1. The average Bonchev–Trinajstić information content (AvgIpc) is 3.24. The summed E-state index contributed by atoms with van der Waals surface area (Å²) in [6, 6.07) is 12.6. The molecule has 0 aliphatic carbocycles. The van der Waals surface area contributed by atoms with Crippen LogP contribution in [0.2, 0.25) is 0 Å². The van der Waals surface area contributed by atoms with Gasteiger partial charge in [-0.1, -0.05) is 24.3 Å². The van der Waals surface area contributed by atoms with Crippen molar-refractivity contribution in [3.63, 3.8) is 0 Å². The van der Waals surface area contributed by atoms with Gasteiger partial charge in [0.25, 0.3) is 5.91 Å². The summed E-state index contributed by atoms with van der Waals surface area (Å²) in [4.78, 5) is 15.1. The maximum atomic E-state index is 12.3. The van der Waals surface area contributed by atoms with Crippen LogP contribution < -0.4 is 15.0 Å². The van der Waals surface area contributed by atoms with Crippen molar-refractivity contribution >= 4 is 17.2 Å². The number of methoxy groups -OCH3 is 1. The lowest BCUT2D eigenvalue weighted by Gasteiger charge is -2.20. The lowest BCUT2D eigenvalue weighted by molar-refractivity contribution is -0.910. The van der Waals surface area contributed by atoms with Gasteiger partial charge in [-0.2, -0.15) is 0 Å². The fraction of sp³-hybridized carbons (Fsp3) is 0.389. The normalized spacial score (nSPS) is 20.4. The van der Waals surface area contributed by atoms with Crippen molar-refractivity contribution < 1.29 is 14.4 Å². The molecule has 4 nitrogen and oxygen atoms in total. The van der Waals surface area contributed by atoms with Gasteiger partial charge < -0.3 is 15.0 Å². The third-order valence-corrected chi connectivity index (χ3v) is 5.41. The van der Waals surface area contributed by atoms with Crippen molar-refractivity contribution in [2.75, 3.05) is 20.2 Å². The molecule has 1 aromatic carbocycles. The topological polar surface area (TPSA) is 42.8 Å². The second-order valence-electron chi connectivity index (χ2n) is 5.88. The molecular formula is C18H23N2O2S+. The molecule has 2 heterocycles. The number of para-hydroxylation sites is 1. The van der Waals surface area contributed by atoms with E-state index in [1.807, 2.05) is 24.3 Å². The van der Waals surface area contributed by atoms with Crippen LogP contribution in [0.15, 0.2) is 41.8 Å². The van der Waals surface area contributed by atoms with E-state index in [-0.39, 0.29) is 5.91 Å². The molecule has 0 bridgehead atoms. The van der Waals surface area contributed by atoms with Gasteiger partial charge in [-0.05, 0) is 17.5 Å². The van der Waals surface area contributed by atoms with Crippen LogP contribution in [-0.2, 0) is 11.3 Å². The highest BCUT2D eigenvalue weighted by molar-refractivity contribution is 7.10. The quantitative estimate of drug-likeness (QED) is 0.847. The predicted molar refractivity (Wildman–Crippen MR) is 91.8 cm³/mol. The fourth-order valence-electron chi connectivity index (χ4n) is 3.27. The van der Waals surface area contributed by atoms with Gasteiger partial charge in [-0.3, -0.25) is 4.79 Å². The zero-order valence-electron chi connectivity index (χ0n) is 13.4. The lowest BCUT2D eigenvalue weighted by Crippen LogP contribution is -3.11. The van der Waals surface area contributed by atoms with Crippen LogP contribution in [0.1, 0.15) is 29.3 Å². The van der Waals surface area contributed by atoms with E-state index in [0.29, 0.717) is 19.1 Å². The predicted octanol–water partition coefficient (Wildman–Crippen LogP) is 1.79. The number of thiophene rings is 1. The number of amides is 1. The van der Waals surface area contributed by atoms with E-state index in [0.717, 1.165) is 17.9 Å². The number of carbonyl (C=O) groups is 1. The molecular weight excluding hydrogens is 308 g/mol. The summed E-state index contributed by atoms with van der Waals surface area (Å²) < 4.78 is 5.32. The highest BCUT2D eigenvalue weighted by Gasteiger charge is 2.32.